The minimum Gasteiger partial charge on any atom is -0.343 e. The summed E-state index contributed by atoms with van der Waals surface area (Å²) in [5.74, 6) is -1.41. The number of benzene rings is 2. The van der Waals surface area contributed by atoms with Crippen LogP contribution in [0.3, 0.4) is 0 Å². The number of nitrogens with one attached hydrogen (secondary N) is 2. The molecule has 0 radical (unpaired) electrons. The lowest BCUT2D eigenvalue weighted by molar-refractivity contribution is -0.120. The summed E-state index contributed by atoms with van der Waals surface area (Å²) in [5, 5.41) is 6.67. The molecule has 0 fully saturated rings. The van der Waals surface area contributed by atoms with Crippen LogP contribution >= 0.6 is 11.6 Å². The van der Waals surface area contributed by atoms with Gasteiger partial charge in [-0.05, 0) is 30.3 Å². The van der Waals surface area contributed by atoms with Gasteiger partial charge in [-0.25, -0.2) is 9.82 Å². The maximum Gasteiger partial charge on any atom is 0.259 e. The predicted molar refractivity (Wildman–Crippen MR) is 85.9 cm³/mol. The van der Waals surface area contributed by atoms with Crippen LogP contribution in [-0.4, -0.2) is 24.6 Å². The van der Waals surface area contributed by atoms with E-state index in [-0.39, 0.29) is 12.1 Å². The predicted octanol–water partition coefficient (Wildman–Crippen LogP) is 2.36. The third-order valence-electron chi connectivity index (χ3n) is 2.81. The Kier molecular flexibility index (Phi) is 5.82. The number of hydrogen-bond donors (Lipinski definition) is 2. The first-order valence-electron chi connectivity index (χ1n) is 6.66. The van der Waals surface area contributed by atoms with E-state index in [0.29, 0.717) is 10.6 Å². The van der Waals surface area contributed by atoms with Crippen molar-refractivity contribution in [2.45, 2.75) is 0 Å². The molecular weight excluding hydrogens is 321 g/mol. The van der Waals surface area contributed by atoms with E-state index < -0.39 is 17.6 Å². The summed E-state index contributed by atoms with van der Waals surface area (Å²) in [4.78, 5) is 23.3. The van der Waals surface area contributed by atoms with Crippen molar-refractivity contribution in [2.75, 3.05) is 6.54 Å². The van der Waals surface area contributed by atoms with Crippen LogP contribution in [0, 0.1) is 5.82 Å². The van der Waals surface area contributed by atoms with Crippen molar-refractivity contribution in [3.63, 3.8) is 0 Å². The third kappa shape index (κ3) is 5.19. The second-order valence-electron chi connectivity index (χ2n) is 4.50. The van der Waals surface area contributed by atoms with Crippen molar-refractivity contribution >= 4 is 29.6 Å². The molecule has 2 aromatic rings. The zero-order chi connectivity index (χ0) is 16.7. The van der Waals surface area contributed by atoms with Gasteiger partial charge in [0.1, 0.15) is 5.82 Å². The molecule has 2 aromatic carbocycles. The molecule has 0 saturated heterocycles. The van der Waals surface area contributed by atoms with Crippen LogP contribution in [0.25, 0.3) is 0 Å². The van der Waals surface area contributed by atoms with Crippen molar-refractivity contribution in [2.24, 2.45) is 5.10 Å². The highest BCUT2D eigenvalue weighted by Gasteiger charge is 2.07. The number of hydrogen-bond acceptors (Lipinski definition) is 3. The average Bonchev–Trinajstić information content (AvgIpc) is 2.55. The third-order valence-corrected chi connectivity index (χ3v) is 3.16. The van der Waals surface area contributed by atoms with Gasteiger partial charge in [0.15, 0.2) is 0 Å². The van der Waals surface area contributed by atoms with Gasteiger partial charge in [0.25, 0.3) is 11.8 Å². The van der Waals surface area contributed by atoms with Crippen molar-refractivity contribution in [1.29, 1.82) is 0 Å². The molecule has 0 aliphatic heterocycles. The Bertz CT molecular complexity index is 732. The molecule has 0 aliphatic carbocycles. The van der Waals surface area contributed by atoms with E-state index in [9.17, 15) is 14.0 Å². The van der Waals surface area contributed by atoms with Crippen molar-refractivity contribution in [3.05, 3.63) is 70.5 Å². The molecule has 0 aromatic heterocycles. The Labute approximate surface area is 137 Å². The van der Waals surface area contributed by atoms with Gasteiger partial charge < -0.3 is 5.32 Å². The fourth-order valence-corrected chi connectivity index (χ4v) is 1.84. The second-order valence-corrected chi connectivity index (χ2v) is 4.91. The Morgan fingerprint density at radius 1 is 1.13 bits per heavy atom. The molecule has 0 spiro atoms. The quantitative estimate of drug-likeness (QED) is 0.651. The Morgan fingerprint density at radius 2 is 1.83 bits per heavy atom. The molecular formula is C16H13ClFN3O2. The monoisotopic (exact) mass is 333 g/mol. The zero-order valence-electron chi connectivity index (χ0n) is 11.9. The zero-order valence-corrected chi connectivity index (χ0v) is 12.7. The molecule has 0 bridgehead atoms. The maximum atomic E-state index is 12.8. The first kappa shape index (κ1) is 16.6. The number of halogens is 2. The molecule has 2 amide bonds. The highest BCUT2D eigenvalue weighted by molar-refractivity contribution is 6.33. The van der Waals surface area contributed by atoms with E-state index in [0.717, 1.165) is 0 Å². The van der Waals surface area contributed by atoms with Crippen LogP contribution in [-0.2, 0) is 4.79 Å². The van der Waals surface area contributed by atoms with E-state index in [1.54, 1.807) is 24.3 Å². The molecule has 23 heavy (non-hydrogen) atoms. The molecule has 2 rings (SSSR count). The van der Waals surface area contributed by atoms with Gasteiger partial charge in [0, 0.05) is 16.1 Å². The summed E-state index contributed by atoms with van der Waals surface area (Å²) in [6.07, 6.45) is 1.40. The highest BCUT2D eigenvalue weighted by Crippen LogP contribution is 2.11. The summed E-state index contributed by atoms with van der Waals surface area (Å²) >= 11 is 5.93. The van der Waals surface area contributed by atoms with Crippen LogP contribution in [0.15, 0.2) is 53.6 Å². The lowest BCUT2D eigenvalue weighted by atomic mass is 10.2. The van der Waals surface area contributed by atoms with E-state index >= 15 is 0 Å². The molecule has 0 aliphatic rings. The van der Waals surface area contributed by atoms with Gasteiger partial charge in [0.2, 0.25) is 0 Å². The highest BCUT2D eigenvalue weighted by atomic mass is 35.5. The number of rotatable bonds is 5. The van der Waals surface area contributed by atoms with Crippen LogP contribution in [0.4, 0.5) is 4.39 Å². The lowest BCUT2D eigenvalue weighted by Crippen LogP contribution is -2.34. The maximum absolute atomic E-state index is 12.8. The summed E-state index contributed by atoms with van der Waals surface area (Å²) in [6, 6.07) is 12.0. The molecule has 0 saturated carbocycles. The normalized spacial score (nSPS) is 10.5. The molecule has 2 N–H and O–H groups in total. The number of nitrogens with zero attached hydrogens (tertiary/aromatic N) is 1. The van der Waals surface area contributed by atoms with Crippen LogP contribution < -0.4 is 10.7 Å². The van der Waals surface area contributed by atoms with Crippen molar-refractivity contribution < 1.29 is 14.0 Å². The molecule has 7 heteroatoms. The van der Waals surface area contributed by atoms with Gasteiger partial charge in [-0.15, -0.1) is 0 Å². The van der Waals surface area contributed by atoms with Crippen LogP contribution in [0.2, 0.25) is 5.02 Å². The number of hydrazone groups is 1. The van der Waals surface area contributed by atoms with Gasteiger partial charge >= 0.3 is 0 Å². The second kappa shape index (κ2) is 8.05. The first-order chi connectivity index (χ1) is 11.1. The summed E-state index contributed by atoms with van der Waals surface area (Å²) in [6.45, 7) is -0.254. The number of carbonyl (C=O) groups excluding carboxylic acids is 2. The van der Waals surface area contributed by atoms with Crippen LogP contribution in [0.1, 0.15) is 15.9 Å². The first-order valence-corrected chi connectivity index (χ1v) is 7.04. The van der Waals surface area contributed by atoms with E-state index in [4.69, 9.17) is 11.6 Å². The average molecular weight is 334 g/mol. The smallest absolute Gasteiger partial charge is 0.259 e. The van der Waals surface area contributed by atoms with E-state index in [2.05, 4.69) is 15.8 Å². The SMILES string of the molecule is O=C(CNC(=O)c1ccc(F)cc1)N/N=C\c1ccccc1Cl. The Morgan fingerprint density at radius 3 is 2.52 bits per heavy atom. The standard InChI is InChI=1S/C16H13ClFN3O2/c17-14-4-2-1-3-12(14)9-20-21-15(22)10-19-16(23)11-5-7-13(18)8-6-11/h1-9H,10H2,(H,19,23)(H,21,22)/b20-9-. The Hall–Kier alpha value is -2.73. The van der Waals surface area contributed by atoms with Gasteiger partial charge in [-0.1, -0.05) is 29.8 Å². The minimum atomic E-state index is -0.497. The van der Waals surface area contributed by atoms with Gasteiger partial charge in [0.05, 0.1) is 12.8 Å². The number of carbonyl (C=O) groups is 2. The largest absolute Gasteiger partial charge is 0.343 e. The van der Waals surface area contributed by atoms with E-state index in [1.165, 1.54) is 30.5 Å². The minimum absolute atomic E-state index is 0.254. The van der Waals surface area contributed by atoms with E-state index in [1.807, 2.05) is 0 Å². The molecule has 0 atom stereocenters. The molecule has 0 heterocycles. The van der Waals surface area contributed by atoms with Crippen LogP contribution in [0.5, 0.6) is 0 Å². The molecule has 118 valence electrons. The molecule has 0 unspecified atom stereocenters. The number of amides is 2. The summed E-state index contributed by atoms with van der Waals surface area (Å²) in [5.41, 5.74) is 3.19. The Balaban J connectivity index is 1.80. The van der Waals surface area contributed by atoms with Gasteiger partial charge in [-0.2, -0.15) is 5.10 Å². The summed E-state index contributed by atoms with van der Waals surface area (Å²) < 4.78 is 12.8. The molecule has 5 nitrogen and oxygen atoms in total. The fourth-order valence-electron chi connectivity index (χ4n) is 1.66. The van der Waals surface area contributed by atoms with Crippen molar-refractivity contribution in [1.82, 2.24) is 10.7 Å². The van der Waals surface area contributed by atoms with Gasteiger partial charge in [-0.3, -0.25) is 9.59 Å². The lowest BCUT2D eigenvalue weighted by Gasteiger charge is -2.04. The fraction of sp³-hybridized carbons (Fsp3) is 0.0625. The summed E-state index contributed by atoms with van der Waals surface area (Å²) in [7, 11) is 0. The van der Waals surface area contributed by atoms with Crippen molar-refractivity contribution in [3.8, 4) is 0 Å². The topological polar surface area (TPSA) is 70.6 Å².